The number of carbonyl (C=O) groups excluding carboxylic acids is 1. The molecule has 1 aliphatic rings. The molecule has 2 amide bonds. The molecular weight excluding hydrogens is 278 g/mol. The average Bonchev–Trinajstić information content (AvgIpc) is 2.83. The highest BCUT2D eigenvalue weighted by molar-refractivity contribution is 7.09. The summed E-state index contributed by atoms with van der Waals surface area (Å²) in [6, 6.07) is -0.108. The SMILES string of the molecule is Cc1ncsc1CN(C)C(=O)N1CCCC(C(=O)O)C1. The van der Waals surface area contributed by atoms with Crippen molar-refractivity contribution in [2.75, 3.05) is 20.1 Å². The van der Waals surface area contributed by atoms with Gasteiger partial charge in [-0.25, -0.2) is 9.78 Å². The van der Waals surface area contributed by atoms with Crippen LogP contribution in [0.25, 0.3) is 0 Å². The van der Waals surface area contributed by atoms with E-state index in [1.807, 2.05) is 6.92 Å². The van der Waals surface area contributed by atoms with Crippen LogP contribution in [0.3, 0.4) is 0 Å². The van der Waals surface area contributed by atoms with E-state index in [4.69, 9.17) is 5.11 Å². The van der Waals surface area contributed by atoms with Crippen LogP contribution in [0.15, 0.2) is 5.51 Å². The molecular formula is C13H19N3O3S. The fourth-order valence-corrected chi connectivity index (χ4v) is 3.18. The number of carbonyl (C=O) groups is 2. The number of amides is 2. The number of thiazole rings is 1. The van der Waals surface area contributed by atoms with Crippen LogP contribution < -0.4 is 0 Å². The molecule has 2 rings (SSSR count). The van der Waals surface area contributed by atoms with Gasteiger partial charge in [-0.15, -0.1) is 11.3 Å². The van der Waals surface area contributed by atoms with E-state index >= 15 is 0 Å². The Morgan fingerprint density at radius 3 is 2.95 bits per heavy atom. The van der Waals surface area contributed by atoms with Gasteiger partial charge in [-0.2, -0.15) is 0 Å². The van der Waals surface area contributed by atoms with Crippen LogP contribution in [0.5, 0.6) is 0 Å². The lowest BCUT2D eigenvalue weighted by molar-refractivity contribution is -0.143. The molecule has 0 aliphatic carbocycles. The minimum Gasteiger partial charge on any atom is -0.481 e. The summed E-state index contributed by atoms with van der Waals surface area (Å²) in [4.78, 5) is 31.9. The summed E-state index contributed by atoms with van der Waals surface area (Å²) in [6.45, 7) is 3.38. The number of hydrogen-bond donors (Lipinski definition) is 1. The van der Waals surface area contributed by atoms with E-state index in [1.165, 1.54) is 11.3 Å². The van der Waals surface area contributed by atoms with Crippen molar-refractivity contribution in [3.05, 3.63) is 16.1 Å². The van der Waals surface area contributed by atoms with Crippen LogP contribution in [0.2, 0.25) is 0 Å². The number of aryl methyl sites for hydroxylation is 1. The molecule has 1 atom stereocenters. The first-order valence-corrected chi connectivity index (χ1v) is 7.48. The number of carboxylic acid groups (broad SMARTS) is 1. The molecule has 0 spiro atoms. The lowest BCUT2D eigenvalue weighted by atomic mass is 9.99. The lowest BCUT2D eigenvalue weighted by Gasteiger charge is -2.33. The fraction of sp³-hybridized carbons (Fsp3) is 0.615. The largest absolute Gasteiger partial charge is 0.481 e. The van der Waals surface area contributed by atoms with Gasteiger partial charge in [0.25, 0.3) is 0 Å². The van der Waals surface area contributed by atoms with Gasteiger partial charge in [-0.3, -0.25) is 4.79 Å². The van der Waals surface area contributed by atoms with Crippen LogP contribution in [0, 0.1) is 12.8 Å². The van der Waals surface area contributed by atoms with Gasteiger partial charge in [0.1, 0.15) is 0 Å². The number of aliphatic carboxylic acids is 1. The number of hydrogen-bond acceptors (Lipinski definition) is 4. The molecule has 1 N–H and O–H groups in total. The van der Waals surface area contributed by atoms with Crippen molar-refractivity contribution < 1.29 is 14.7 Å². The third-order valence-electron chi connectivity index (χ3n) is 3.59. The Kier molecular flexibility index (Phi) is 4.59. The maximum absolute atomic E-state index is 12.3. The third-order valence-corrected chi connectivity index (χ3v) is 4.51. The van der Waals surface area contributed by atoms with Gasteiger partial charge >= 0.3 is 12.0 Å². The van der Waals surface area contributed by atoms with Crippen LogP contribution in [-0.2, 0) is 11.3 Å². The number of carboxylic acids is 1. The zero-order valence-corrected chi connectivity index (χ0v) is 12.5. The molecule has 1 aromatic heterocycles. The summed E-state index contributed by atoms with van der Waals surface area (Å²) in [5, 5.41) is 9.06. The third kappa shape index (κ3) is 3.27. The molecule has 2 heterocycles. The highest BCUT2D eigenvalue weighted by Crippen LogP contribution is 2.19. The molecule has 110 valence electrons. The number of nitrogens with zero attached hydrogens (tertiary/aromatic N) is 3. The number of likely N-dealkylation sites (tertiary alicyclic amines) is 1. The van der Waals surface area contributed by atoms with Crippen molar-refractivity contribution in [3.8, 4) is 0 Å². The first-order chi connectivity index (χ1) is 9.49. The predicted molar refractivity (Wildman–Crippen MR) is 75.6 cm³/mol. The molecule has 0 aromatic carbocycles. The van der Waals surface area contributed by atoms with Crippen molar-refractivity contribution in [2.45, 2.75) is 26.3 Å². The van der Waals surface area contributed by atoms with E-state index in [2.05, 4.69) is 4.98 Å². The van der Waals surface area contributed by atoms with Crippen LogP contribution >= 0.6 is 11.3 Å². The van der Waals surface area contributed by atoms with Crippen molar-refractivity contribution in [1.29, 1.82) is 0 Å². The van der Waals surface area contributed by atoms with Gasteiger partial charge < -0.3 is 14.9 Å². The topological polar surface area (TPSA) is 73.7 Å². The normalized spacial score (nSPS) is 18.9. The summed E-state index contributed by atoms with van der Waals surface area (Å²) in [5.41, 5.74) is 2.71. The first kappa shape index (κ1) is 14.8. The molecule has 6 nitrogen and oxygen atoms in total. The smallest absolute Gasteiger partial charge is 0.320 e. The van der Waals surface area contributed by atoms with E-state index < -0.39 is 11.9 Å². The highest BCUT2D eigenvalue weighted by Gasteiger charge is 2.29. The van der Waals surface area contributed by atoms with Gasteiger partial charge in [-0.1, -0.05) is 0 Å². The lowest BCUT2D eigenvalue weighted by Crippen LogP contribution is -2.47. The monoisotopic (exact) mass is 297 g/mol. The second kappa shape index (κ2) is 6.21. The Morgan fingerprint density at radius 1 is 1.60 bits per heavy atom. The Labute approximate surface area is 122 Å². The molecule has 7 heteroatoms. The Hall–Kier alpha value is -1.63. The number of piperidine rings is 1. The number of rotatable bonds is 3. The first-order valence-electron chi connectivity index (χ1n) is 6.61. The van der Waals surface area contributed by atoms with Gasteiger partial charge in [0.2, 0.25) is 0 Å². The zero-order chi connectivity index (χ0) is 14.7. The molecule has 1 saturated heterocycles. The van der Waals surface area contributed by atoms with Crippen LogP contribution in [0.1, 0.15) is 23.4 Å². The molecule has 20 heavy (non-hydrogen) atoms. The standard InChI is InChI=1S/C13H19N3O3S/c1-9-11(20-8-14-9)7-15(2)13(19)16-5-3-4-10(6-16)12(17)18/h8,10H,3-7H2,1-2H3,(H,17,18). The minimum atomic E-state index is -0.816. The second-order valence-electron chi connectivity index (χ2n) is 5.12. The Morgan fingerprint density at radius 2 is 2.35 bits per heavy atom. The molecule has 1 aliphatic heterocycles. The molecule has 0 radical (unpaired) electrons. The Balaban J connectivity index is 1.96. The average molecular weight is 297 g/mol. The van der Waals surface area contributed by atoms with Crippen LogP contribution in [-0.4, -0.2) is 52.0 Å². The van der Waals surface area contributed by atoms with Gasteiger partial charge in [-0.05, 0) is 19.8 Å². The maximum Gasteiger partial charge on any atom is 0.320 e. The fourth-order valence-electron chi connectivity index (χ4n) is 2.35. The van der Waals surface area contributed by atoms with Crippen molar-refractivity contribution >= 4 is 23.3 Å². The number of aromatic nitrogens is 1. The summed E-state index contributed by atoms with van der Waals surface area (Å²) in [6.07, 6.45) is 1.40. The molecule has 1 unspecified atom stereocenters. The molecule has 0 bridgehead atoms. The minimum absolute atomic E-state index is 0.108. The molecule has 1 fully saturated rings. The van der Waals surface area contributed by atoms with Crippen LogP contribution in [0.4, 0.5) is 4.79 Å². The second-order valence-corrected chi connectivity index (χ2v) is 6.06. The van der Waals surface area contributed by atoms with Crippen molar-refractivity contribution in [3.63, 3.8) is 0 Å². The van der Waals surface area contributed by atoms with E-state index in [-0.39, 0.29) is 6.03 Å². The molecule has 1 aromatic rings. The van der Waals surface area contributed by atoms with Gasteiger partial charge in [0.05, 0.1) is 23.7 Å². The Bertz CT molecular complexity index is 503. The highest BCUT2D eigenvalue weighted by atomic mass is 32.1. The summed E-state index contributed by atoms with van der Waals surface area (Å²) >= 11 is 1.53. The summed E-state index contributed by atoms with van der Waals surface area (Å²) in [5.74, 6) is -1.25. The van der Waals surface area contributed by atoms with Gasteiger partial charge in [0.15, 0.2) is 0 Å². The van der Waals surface area contributed by atoms with E-state index in [0.29, 0.717) is 26.1 Å². The van der Waals surface area contributed by atoms with Crippen molar-refractivity contribution in [2.24, 2.45) is 5.92 Å². The van der Waals surface area contributed by atoms with E-state index in [9.17, 15) is 9.59 Å². The van der Waals surface area contributed by atoms with Gasteiger partial charge in [0, 0.05) is 25.0 Å². The molecule has 0 saturated carbocycles. The van der Waals surface area contributed by atoms with E-state index in [0.717, 1.165) is 17.0 Å². The predicted octanol–water partition coefficient (Wildman–Crippen LogP) is 1.80. The maximum atomic E-state index is 12.3. The summed E-state index contributed by atoms with van der Waals surface area (Å²) < 4.78 is 0. The summed E-state index contributed by atoms with van der Waals surface area (Å²) in [7, 11) is 1.74. The number of urea groups is 1. The van der Waals surface area contributed by atoms with E-state index in [1.54, 1.807) is 22.4 Å². The zero-order valence-electron chi connectivity index (χ0n) is 11.7. The van der Waals surface area contributed by atoms with Crippen molar-refractivity contribution in [1.82, 2.24) is 14.8 Å². The quantitative estimate of drug-likeness (QED) is 0.923.